The summed E-state index contributed by atoms with van der Waals surface area (Å²) in [6.07, 6.45) is 1.46. The van der Waals surface area contributed by atoms with Crippen LogP contribution in [0.3, 0.4) is 0 Å². The average molecular weight is 264 g/mol. The summed E-state index contributed by atoms with van der Waals surface area (Å²) in [6.45, 7) is 1.78. The Labute approximate surface area is 108 Å². The second-order valence-electron chi connectivity index (χ2n) is 4.26. The summed E-state index contributed by atoms with van der Waals surface area (Å²) in [7, 11) is 0. The van der Waals surface area contributed by atoms with Gasteiger partial charge < -0.3 is 5.73 Å². The Morgan fingerprint density at radius 3 is 2.79 bits per heavy atom. The Hall–Kier alpha value is -2.44. The zero-order valence-corrected chi connectivity index (χ0v) is 10.3. The van der Waals surface area contributed by atoms with E-state index in [1.54, 1.807) is 25.1 Å². The first-order valence-electron chi connectivity index (χ1n) is 5.71. The van der Waals surface area contributed by atoms with Gasteiger partial charge in [0.05, 0.1) is 11.0 Å². The van der Waals surface area contributed by atoms with Crippen LogP contribution in [0, 0.1) is 15.9 Å². The Morgan fingerprint density at radius 1 is 1.53 bits per heavy atom. The molecule has 1 unspecified atom stereocenters. The lowest BCUT2D eigenvalue weighted by Gasteiger charge is -2.13. The minimum atomic E-state index is -0.589. The quantitative estimate of drug-likeness (QED) is 0.678. The number of hydrogen-bond donors (Lipinski definition) is 1. The fraction of sp³-hybridized carbons (Fsp3) is 0.250. The number of halogens is 1. The number of nitrogen functional groups attached to an aromatic ring is 1. The molecule has 0 aliphatic carbocycles. The minimum absolute atomic E-state index is 0.0196. The standard InChI is InChI=1S/C12H13FN4O2/c1-8(6-9-4-2-3-5-10(9)13)16-12(14)11(7-15-16)17(18)19/h2-5,7-8H,6,14H2,1H3. The normalized spacial score (nSPS) is 12.3. The van der Waals surface area contributed by atoms with E-state index in [2.05, 4.69) is 5.10 Å². The third-order valence-corrected chi connectivity index (χ3v) is 2.90. The molecule has 0 saturated heterocycles. The molecule has 1 aromatic heterocycles. The predicted octanol–water partition coefficient (Wildman–Crippen LogP) is 2.32. The predicted molar refractivity (Wildman–Crippen MR) is 68.1 cm³/mol. The molecule has 0 spiro atoms. The molecule has 100 valence electrons. The van der Waals surface area contributed by atoms with Crippen molar-refractivity contribution in [2.75, 3.05) is 5.73 Å². The molecule has 2 rings (SSSR count). The number of nitrogens with two attached hydrogens (primary N) is 1. The summed E-state index contributed by atoms with van der Waals surface area (Å²) in [4.78, 5) is 10.1. The number of nitro groups is 1. The van der Waals surface area contributed by atoms with E-state index in [9.17, 15) is 14.5 Å². The molecule has 1 atom stereocenters. The van der Waals surface area contributed by atoms with Crippen molar-refractivity contribution in [1.29, 1.82) is 0 Å². The van der Waals surface area contributed by atoms with E-state index >= 15 is 0 Å². The fourth-order valence-corrected chi connectivity index (χ4v) is 1.92. The molecule has 0 fully saturated rings. The molecular weight excluding hydrogens is 251 g/mol. The van der Waals surface area contributed by atoms with Gasteiger partial charge >= 0.3 is 5.69 Å². The monoisotopic (exact) mass is 264 g/mol. The summed E-state index contributed by atoms with van der Waals surface area (Å²) in [6, 6.07) is 6.11. The molecule has 0 radical (unpaired) electrons. The average Bonchev–Trinajstić information content (AvgIpc) is 2.74. The number of anilines is 1. The third kappa shape index (κ3) is 2.54. The van der Waals surface area contributed by atoms with Gasteiger partial charge in [-0.25, -0.2) is 9.07 Å². The van der Waals surface area contributed by atoms with Gasteiger partial charge in [-0.1, -0.05) is 18.2 Å². The fourth-order valence-electron chi connectivity index (χ4n) is 1.92. The number of aromatic nitrogens is 2. The molecule has 0 amide bonds. The van der Waals surface area contributed by atoms with Crippen LogP contribution in [0.2, 0.25) is 0 Å². The highest BCUT2D eigenvalue weighted by atomic mass is 19.1. The maximum Gasteiger partial charge on any atom is 0.330 e. The van der Waals surface area contributed by atoms with Crippen molar-refractivity contribution >= 4 is 11.5 Å². The van der Waals surface area contributed by atoms with Gasteiger partial charge in [-0.05, 0) is 25.0 Å². The number of rotatable bonds is 4. The molecule has 2 aromatic rings. The van der Waals surface area contributed by atoms with Crippen molar-refractivity contribution < 1.29 is 9.31 Å². The first-order chi connectivity index (χ1) is 9.00. The number of benzene rings is 1. The molecule has 19 heavy (non-hydrogen) atoms. The van der Waals surface area contributed by atoms with E-state index in [0.717, 1.165) is 6.20 Å². The van der Waals surface area contributed by atoms with Crippen molar-refractivity contribution in [2.45, 2.75) is 19.4 Å². The zero-order valence-electron chi connectivity index (χ0n) is 10.3. The van der Waals surface area contributed by atoms with Crippen LogP contribution in [0.25, 0.3) is 0 Å². The second kappa shape index (κ2) is 5.05. The van der Waals surface area contributed by atoms with E-state index in [0.29, 0.717) is 12.0 Å². The van der Waals surface area contributed by atoms with Crippen molar-refractivity contribution in [3.05, 3.63) is 52.0 Å². The molecule has 1 heterocycles. The van der Waals surface area contributed by atoms with Crippen LogP contribution in [0.15, 0.2) is 30.5 Å². The molecule has 0 saturated carbocycles. The van der Waals surface area contributed by atoms with Crippen LogP contribution >= 0.6 is 0 Å². The highest BCUT2D eigenvalue weighted by Crippen LogP contribution is 2.25. The third-order valence-electron chi connectivity index (χ3n) is 2.90. The smallest absolute Gasteiger partial charge is 0.330 e. The molecule has 0 aliphatic heterocycles. The first kappa shape index (κ1) is 13.0. The summed E-state index contributed by atoms with van der Waals surface area (Å²) in [5.41, 5.74) is 5.95. The van der Waals surface area contributed by atoms with Crippen molar-refractivity contribution in [3.8, 4) is 0 Å². The molecule has 7 heteroatoms. The van der Waals surface area contributed by atoms with Gasteiger partial charge in [-0.15, -0.1) is 0 Å². The van der Waals surface area contributed by atoms with E-state index in [1.807, 2.05) is 0 Å². The number of hydrogen-bond acceptors (Lipinski definition) is 4. The van der Waals surface area contributed by atoms with Crippen LogP contribution in [-0.2, 0) is 6.42 Å². The van der Waals surface area contributed by atoms with Gasteiger partial charge in [0, 0.05) is 0 Å². The van der Waals surface area contributed by atoms with Gasteiger partial charge in [0.2, 0.25) is 5.82 Å². The molecule has 0 aliphatic rings. The van der Waals surface area contributed by atoms with Crippen LogP contribution in [0.1, 0.15) is 18.5 Å². The zero-order chi connectivity index (χ0) is 14.0. The topological polar surface area (TPSA) is 87.0 Å². The summed E-state index contributed by atoms with van der Waals surface area (Å²) in [5.74, 6) is -0.330. The molecule has 0 bridgehead atoms. The van der Waals surface area contributed by atoms with Gasteiger partial charge in [0.25, 0.3) is 0 Å². The Bertz CT molecular complexity index is 612. The SMILES string of the molecule is CC(Cc1ccccc1F)n1ncc([N+](=O)[O-])c1N. The van der Waals surface area contributed by atoms with Crippen LogP contribution < -0.4 is 5.73 Å². The van der Waals surface area contributed by atoms with Crippen LogP contribution in [-0.4, -0.2) is 14.7 Å². The van der Waals surface area contributed by atoms with E-state index in [4.69, 9.17) is 5.73 Å². The second-order valence-corrected chi connectivity index (χ2v) is 4.26. The van der Waals surface area contributed by atoms with Crippen molar-refractivity contribution in [2.24, 2.45) is 0 Å². The molecule has 1 aromatic carbocycles. The Morgan fingerprint density at radius 2 is 2.21 bits per heavy atom. The van der Waals surface area contributed by atoms with E-state index < -0.39 is 4.92 Å². The van der Waals surface area contributed by atoms with Crippen molar-refractivity contribution in [1.82, 2.24) is 9.78 Å². The van der Waals surface area contributed by atoms with Gasteiger partial charge in [-0.2, -0.15) is 5.10 Å². The maximum atomic E-state index is 13.5. The van der Waals surface area contributed by atoms with Gasteiger partial charge in [-0.3, -0.25) is 10.1 Å². The summed E-state index contributed by atoms with van der Waals surface area (Å²) in [5, 5.41) is 14.6. The highest BCUT2D eigenvalue weighted by molar-refractivity contribution is 5.51. The first-order valence-corrected chi connectivity index (χ1v) is 5.71. The van der Waals surface area contributed by atoms with Crippen molar-refractivity contribution in [3.63, 3.8) is 0 Å². The molecule has 2 N–H and O–H groups in total. The van der Waals surface area contributed by atoms with Gasteiger partial charge in [0.1, 0.15) is 12.0 Å². The lowest BCUT2D eigenvalue weighted by atomic mass is 10.1. The molecule has 6 nitrogen and oxygen atoms in total. The Kier molecular flexibility index (Phi) is 3.46. The lowest BCUT2D eigenvalue weighted by molar-refractivity contribution is -0.384. The van der Waals surface area contributed by atoms with E-state index in [1.165, 1.54) is 10.7 Å². The lowest BCUT2D eigenvalue weighted by Crippen LogP contribution is -2.13. The summed E-state index contributed by atoms with van der Waals surface area (Å²) < 4.78 is 14.9. The van der Waals surface area contributed by atoms with E-state index in [-0.39, 0.29) is 23.4 Å². The minimum Gasteiger partial charge on any atom is -0.378 e. The highest BCUT2D eigenvalue weighted by Gasteiger charge is 2.21. The maximum absolute atomic E-state index is 13.5. The Balaban J connectivity index is 2.23. The summed E-state index contributed by atoms with van der Waals surface area (Å²) >= 11 is 0. The molecular formula is C12H13FN4O2. The van der Waals surface area contributed by atoms with Crippen LogP contribution in [0.4, 0.5) is 15.9 Å². The largest absolute Gasteiger partial charge is 0.378 e. The van der Waals surface area contributed by atoms with Gasteiger partial charge in [0.15, 0.2) is 0 Å². The van der Waals surface area contributed by atoms with Crippen LogP contribution in [0.5, 0.6) is 0 Å². The number of nitrogens with zero attached hydrogens (tertiary/aromatic N) is 3.